The van der Waals surface area contributed by atoms with Crippen LogP contribution < -0.4 is 4.74 Å². The summed E-state index contributed by atoms with van der Waals surface area (Å²) < 4.78 is 44.2. The molecule has 0 unspecified atom stereocenters. The lowest BCUT2D eigenvalue weighted by molar-refractivity contribution is -0.135. The highest BCUT2D eigenvalue weighted by Gasteiger charge is 2.38. The number of aliphatic hydroxyl groups excluding tert-OH is 1. The zero-order chi connectivity index (χ0) is 23.9. The van der Waals surface area contributed by atoms with E-state index in [1.807, 2.05) is 6.92 Å². The number of carbonyl (C=O) groups excluding carboxylic acids is 1. The van der Waals surface area contributed by atoms with Crippen molar-refractivity contribution in [2.24, 2.45) is 5.92 Å². The van der Waals surface area contributed by atoms with E-state index in [2.05, 4.69) is 11.8 Å². The summed E-state index contributed by atoms with van der Waals surface area (Å²) in [5, 5.41) is 9.69. The molecule has 1 heterocycles. The molecule has 0 aromatic heterocycles. The third kappa shape index (κ3) is 6.21. The first kappa shape index (κ1) is 26.1. The molecule has 1 N–H and O–H groups in total. The number of fused-ring (bicyclic) bond motifs is 1. The Morgan fingerprint density at radius 1 is 1.38 bits per heavy atom. The van der Waals surface area contributed by atoms with Gasteiger partial charge < -0.3 is 24.2 Å². The first-order valence-electron chi connectivity index (χ1n) is 10.3. The fraction of sp³-hybridized carbons (Fsp3) is 0.591. The Bertz CT molecular complexity index is 955. The molecule has 0 aliphatic carbocycles. The summed E-state index contributed by atoms with van der Waals surface area (Å²) in [6.45, 7) is 3.75. The Labute approximate surface area is 190 Å². The number of likely N-dealkylation sites (N-methyl/N-ethyl adjacent to an activating group) is 1. The molecule has 3 atom stereocenters. The molecule has 1 amide bonds. The maximum atomic E-state index is 13.4. The fourth-order valence-corrected chi connectivity index (χ4v) is 5.16. The van der Waals surface area contributed by atoms with Crippen LogP contribution in [0, 0.1) is 17.8 Å². The van der Waals surface area contributed by atoms with E-state index in [0.717, 1.165) is 0 Å². The molecule has 0 saturated heterocycles. The number of nitrogens with zero attached hydrogens (tertiary/aromatic N) is 2. The lowest BCUT2D eigenvalue weighted by atomic mass is 10.0. The number of ether oxygens (including phenoxy) is 3. The van der Waals surface area contributed by atoms with Crippen LogP contribution in [-0.2, 0) is 24.3 Å². The zero-order valence-electron chi connectivity index (χ0n) is 19.2. The average molecular weight is 469 g/mol. The predicted molar refractivity (Wildman–Crippen MR) is 119 cm³/mol. The molecule has 9 nitrogen and oxygen atoms in total. The molecule has 178 valence electrons. The number of amides is 1. The van der Waals surface area contributed by atoms with Crippen molar-refractivity contribution in [1.29, 1.82) is 0 Å². The monoisotopic (exact) mass is 468 g/mol. The van der Waals surface area contributed by atoms with Crippen LogP contribution >= 0.6 is 0 Å². The van der Waals surface area contributed by atoms with Crippen LogP contribution in [0.15, 0.2) is 23.1 Å². The van der Waals surface area contributed by atoms with Crippen molar-refractivity contribution in [3.63, 3.8) is 0 Å². The van der Waals surface area contributed by atoms with Crippen LogP contribution in [0.3, 0.4) is 0 Å². The summed E-state index contributed by atoms with van der Waals surface area (Å²) in [5.74, 6) is 5.44. The first-order valence-corrected chi connectivity index (χ1v) is 11.7. The van der Waals surface area contributed by atoms with Crippen LogP contribution in [0.5, 0.6) is 5.75 Å². The van der Waals surface area contributed by atoms with E-state index in [9.17, 15) is 18.3 Å². The first-order chi connectivity index (χ1) is 15.1. The van der Waals surface area contributed by atoms with Gasteiger partial charge in [-0.25, -0.2) is 8.42 Å². The van der Waals surface area contributed by atoms with Gasteiger partial charge in [0.15, 0.2) is 0 Å². The highest BCUT2D eigenvalue weighted by atomic mass is 32.2. The van der Waals surface area contributed by atoms with Crippen molar-refractivity contribution in [3.8, 4) is 17.6 Å². The van der Waals surface area contributed by atoms with Gasteiger partial charge in [0.05, 0.1) is 13.2 Å². The van der Waals surface area contributed by atoms with E-state index >= 15 is 0 Å². The largest absolute Gasteiger partial charge is 0.487 e. The van der Waals surface area contributed by atoms with Gasteiger partial charge in [0, 0.05) is 45.3 Å². The van der Waals surface area contributed by atoms with Gasteiger partial charge in [-0.1, -0.05) is 18.8 Å². The second-order valence-corrected chi connectivity index (χ2v) is 9.70. The Morgan fingerprint density at radius 3 is 2.72 bits per heavy atom. The second kappa shape index (κ2) is 11.6. The molecule has 10 heteroatoms. The van der Waals surface area contributed by atoms with E-state index in [1.165, 1.54) is 29.5 Å². The Kier molecular flexibility index (Phi) is 9.48. The number of aliphatic hydroxyl groups is 1. The number of hydrogen-bond acceptors (Lipinski definition) is 7. The van der Waals surface area contributed by atoms with Gasteiger partial charge in [0.2, 0.25) is 15.9 Å². The molecule has 1 aliphatic rings. The van der Waals surface area contributed by atoms with Crippen molar-refractivity contribution in [3.05, 3.63) is 23.8 Å². The van der Waals surface area contributed by atoms with Gasteiger partial charge in [-0.2, -0.15) is 4.31 Å². The zero-order valence-corrected chi connectivity index (χ0v) is 20.0. The van der Waals surface area contributed by atoms with Gasteiger partial charge in [0.25, 0.3) is 0 Å². The number of methoxy groups -OCH3 is 2. The summed E-state index contributed by atoms with van der Waals surface area (Å²) >= 11 is 0. The van der Waals surface area contributed by atoms with Crippen LogP contribution in [0.4, 0.5) is 0 Å². The second-order valence-electron chi connectivity index (χ2n) is 7.84. The average Bonchev–Trinajstić information content (AvgIpc) is 2.75. The number of benzene rings is 1. The SMILES string of the molecule is COCC#Cc1ccc2c(c1)O[C@H](CN(C)C(=O)COC)[C@@H](C)CN([C@@H](C)CO)S2(=O)=O. The van der Waals surface area contributed by atoms with Crippen LogP contribution in [-0.4, -0.2) is 95.0 Å². The molecule has 0 fully saturated rings. The standard InChI is InChI=1S/C22H32N2O7S/c1-16-12-24(17(2)14-25)32(27,28)21-9-8-18(7-6-10-29-4)11-19(21)31-20(16)13-23(3)22(26)15-30-5/h8-9,11,16-17,20,25H,10,12-15H2,1-5H3/t16-,17-,20+/m0/s1. The summed E-state index contributed by atoms with van der Waals surface area (Å²) in [5.41, 5.74) is 0.577. The third-order valence-corrected chi connectivity index (χ3v) is 7.28. The molecule has 0 radical (unpaired) electrons. The summed E-state index contributed by atoms with van der Waals surface area (Å²) in [7, 11) is 0.700. The van der Waals surface area contributed by atoms with E-state index < -0.39 is 22.2 Å². The van der Waals surface area contributed by atoms with Gasteiger partial charge >= 0.3 is 0 Å². The molecule has 1 aromatic rings. The highest BCUT2D eigenvalue weighted by Crippen LogP contribution is 2.34. The van der Waals surface area contributed by atoms with E-state index in [1.54, 1.807) is 26.1 Å². The van der Waals surface area contributed by atoms with Gasteiger partial charge in [-0.3, -0.25) is 4.79 Å². The van der Waals surface area contributed by atoms with E-state index in [4.69, 9.17) is 14.2 Å². The van der Waals surface area contributed by atoms with Crippen molar-refractivity contribution < 1.29 is 32.5 Å². The topological polar surface area (TPSA) is 106 Å². The molecule has 2 rings (SSSR count). The van der Waals surface area contributed by atoms with Crippen molar-refractivity contribution in [2.75, 3.05) is 54.2 Å². The van der Waals surface area contributed by atoms with Crippen molar-refractivity contribution >= 4 is 15.9 Å². The molecular formula is C22H32N2O7S. The molecular weight excluding hydrogens is 436 g/mol. The van der Waals surface area contributed by atoms with Crippen LogP contribution in [0.1, 0.15) is 19.4 Å². The lowest BCUT2D eigenvalue weighted by Crippen LogP contribution is -2.50. The number of carbonyl (C=O) groups is 1. The van der Waals surface area contributed by atoms with Crippen LogP contribution in [0.2, 0.25) is 0 Å². The summed E-state index contributed by atoms with van der Waals surface area (Å²) in [6.07, 6.45) is -0.495. The maximum absolute atomic E-state index is 13.4. The Balaban J connectivity index is 2.52. The Hall–Kier alpha value is -2.16. The third-order valence-electron chi connectivity index (χ3n) is 5.26. The molecule has 0 bridgehead atoms. The number of sulfonamides is 1. The Morgan fingerprint density at radius 2 is 2.09 bits per heavy atom. The summed E-state index contributed by atoms with van der Waals surface area (Å²) in [4.78, 5) is 13.7. The minimum atomic E-state index is -3.93. The molecule has 0 spiro atoms. The number of hydrogen-bond donors (Lipinski definition) is 1. The lowest BCUT2D eigenvalue weighted by Gasteiger charge is -2.37. The number of rotatable bonds is 7. The fourth-order valence-electron chi connectivity index (χ4n) is 3.34. The molecule has 0 saturated carbocycles. The van der Waals surface area contributed by atoms with Gasteiger partial charge in [-0.15, -0.1) is 0 Å². The molecule has 32 heavy (non-hydrogen) atoms. The van der Waals surface area contributed by atoms with Crippen molar-refractivity contribution in [2.45, 2.75) is 30.9 Å². The van der Waals surface area contributed by atoms with Crippen LogP contribution in [0.25, 0.3) is 0 Å². The minimum absolute atomic E-state index is 0.00198. The summed E-state index contributed by atoms with van der Waals surface area (Å²) in [6, 6.07) is 4.03. The van der Waals surface area contributed by atoms with E-state index in [-0.39, 0.29) is 55.4 Å². The predicted octanol–water partition coefficient (Wildman–Crippen LogP) is 0.558. The van der Waals surface area contributed by atoms with E-state index in [0.29, 0.717) is 5.56 Å². The minimum Gasteiger partial charge on any atom is -0.487 e. The maximum Gasteiger partial charge on any atom is 0.248 e. The highest BCUT2D eigenvalue weighted by molar-refractivity contribution is 7.89. The normalized spacial score (nSPS) is 21.2. The molecule has 1 aromatic carbocycles. The van der Waals surface area contributed by atoms with Gasteiger partial charge in [-0.05, 0) is 25.1 Å². The molecule has 1 aliphatic heterocycles. The quantitative estimate of drug-likeness (QED) is 0.583. The van der Waals surface area contributed by atoms with Gasteiger partial charge in [0.1, 0.15) is 30.0 Å². The smallest absolute Gasteiger partial charge is 0.248 e. The van der Waals surface area contributed by atoms with Crippen molar-refractivity contribution in [1.82, 2.24) is 9.21 Å².